The number of halogens is 1. The second-order valence-corrected chi connectivity index (χ2v) is 4.82. The lowest BCUT2D eigenvalue weighted by Gasteiger charge is -2.06. The molecule has 20 heavy (non-hydrogen) atoms. The largest absolute Gasteiger partial charge is 0.399 e. The van der Waals surface area contributed by atoms with Gasteiger partial charge in [0.1, 0.15) is 0 Å². The summed E-state index contributed by atoms with van der Waals surface area (Å²) < 4.78 is 0. The molecule has 2 aromatic rings. The SMILES string of the molecule is Nc1ccc(N)c(C=CCNc2ccc(N)c(Cl)c2)c1. The summed E-state index contributed by atoms with van der Waals surface area (Å²) in [5.41, 5.74) is 21.0. The van der Waals surface area contributed by atoms with Gasteiger partial charge in [0.2, 0.25) is 0 Å². The Labute approximate surface area is 123 Å². The van der Waals surface area contributed by atoms with Crippen molar-refractivity contribution in [3.63, 3.8) is 0 Å². The molecule has 0 atom stereocenters. The molecule has 0 aromatic heterocycles. The Morgan fingerprint density at radius 3 is 2.50 bits per heavy atom. The topological polar surface area (TPSA) is 90.1 Å². The van der Waals surface area contributed by atoms with Crippen molar-refractivity contribution in [2.75, 3.05) is 29.1 Å². The van der Waals surface area contributed by atoms with Crippen molar-refractivity contribution in [1.82, 2.24) is 0 Å². The molecular weight excluding hydrogens is 272 g/mol. The van der Waals surface area contributed by atoms with E-state index in [-0.39, 0.29) is 0 Å². The molecule has 0 fully saturated rings. The average molecular weight is 289 g/mol. The number of hydrogen-bond donors (Lipinski definition) is 4. The highest BCUT2D eigenvalue weighted by atomic mass is 35.5. The van der Waals surface area contributed by atoms with E-state index in [1.807, 2.05) is 24.3 Å². The molecule has 0 spiro atoms. The van der Waals surface area contributed by atoms with Crippen LogP contribution < -0.4 is 22.5 Å². The van der Waals surface area contributed by atoms with Gasteiger partial charge in [0.25, 0.3) is 0 Å². The molecule has 0 radical (unpaired) electrons. The van der Waals surface area contributed by atoms with Gasteiger partial charge in [-0.1, -0.05) is 23.8 Å². The highest BCUT2D eigenvalue weighted by Gasteiger charge is 1.97. The molecule has 0 heterocycles. The molecule has 7 N–H and O–H groups in total. The minimum atomic E-state index is 0.541. The number of nitrogen functional groups attached to an aromatic ring is 3. The van der Waals surface area contributed by atoms with E-state index >= 15 is 0 Å². The van der Waals surface area contributed by atoms with E-state index < -0.39 is 0 Å². The zero-order valence-electron chi connectivity index (χ0n) is 10.9. The van der Waals surface area contributed by atoms with Crippen molar-refractivity contribution < 1.29 is 0 Å². The van der Waals surface area contributed by atoms with Gasteiger partial charge in [-0.25, -0.2) is 0 Å². The standard InChI is InChI=1S/C15H17ClN4/c16-13-9-12(4-6-15(13)19)20-7-1-2-10-8-11(17)3-5-14(10)18/h1-6,8-9,20H,7,17-19H2. The molecule has 0 aliphatic rings. The normalized spacial score (nSPS) is 10.8. The van der Waals surface area contributed by atoms with Crippen LogP contribution >= 0.6 is 11.6 Å². The average Bonchev–Trinajstić information content (AvgIpc) is 2.42. The molecule has 5 heteroatoms. The Kier molecular flexibility index (Phi) is 4.38. The van der Waals surface area contributed by atoms with Gasteiger partial charge in [0.05, 0.1) is 10.7 Å². The molecule has 2 aromatic carbocycles. The lowest BCUT2D eigenvalue weighted by Crippen LogP contribution is -1.99. The Morgan fingerprint density at radius 1 is 1.00 bits per heavy atom. The minimum Gasteiger partial charge on any atom is -0.399 e. The van der Waals surface area contributed by atoms with E-state index in [9.17, 15) is 0 Å². The van der Waals surface area contributed by atoms with Gasteiger partial charge in [-0.3, -0.25) is 0 Å². The summed E-state index contributed by atoms with van der Waals surface area (Å²) in [4.78, 5) is 0. The van der Waals surface area contributed by atoms with Crippen LogP contribution in [-0.2, 0) is 0 Å². The van der Waals surface area contributed by atoms with E-state index in [2.05, 4.69) is 5.32 Å². The fourth-order valence-corrected chi connectivity index (χ4v) is 1.92. The van der Waals surface area contributed by atoms with E-state index in [4.69, 9.17) is 28.8 Å². The van der Waals surface area contributed by atoms with E-state index in [1.54, 1.807) is 24.3 Å². The minimum absolute atomic E-state index is 0.541. The first-order valence-corrected chi connectivity index (χ1v) is 6.54. The number of nitrogens with two attached hydrogens (primary N) is 3. The molecule has 104 valence electrons. The van der Waals surface area contributed by atoms with E-state index in [0.29, 0.717) is 28.6 Å². The number of benzene rings is 2. The summed E-state index contributed by atoms with van der Waals surface area (Å²) in [6.45, 7) is 0.647. The van der Waals surface area contributed by atoms with Crippen LogP contribution in [-0.4, -0.2) is 6.54 Å². The first-order valence-electron chi connectivity index (χ1n) is 6.16. The molecule has 0 amide bonds. The Balaban J connectivity index is 1.96. The van der Waals surface area contributed by atoms with Crippen LogP contribution in [0.3, 0.4) is 0 Å². The Hall–Kier alpha value is -2.33. The van der Waals surface area contributed by atoms with Gasteiger partial charge < -0.3 is 22.5 Å². The van der Waals surface area contributed by atoms with Crippen molar-refractivity contribution >= 4 is 40.4 Å². The second kappa shape index (κ2) is 6.21. The molecule has 0 aliphatic heterocycles. The van der Waals surface area contributed by atoms with Crippen LogP contribution in [0.5, 0.6) is 0 Å². The predicted molar refractivity (Wildman–Crippen MR) is 88.7 cm³/mol. The fourth-order valence-electron chi connectivity index (χ4n) is 1.74. The van der Waals surface area contributed by atoms with Gasteiger partial charge in [-0.2, -0.15) is 0 Å². The lowest BCUT2D eigenvalue weighted by atomic mass is 10.1. The second-order valence-electron chi connectivity index (χ2n) is 4.41. The maximum atomic E-state index is 5.95. The summed E-state index contributed by atoms with van der Waals surface area (Å²) in [5.74, 6) is 0. The Morgan fingerprint density at radius 2 is 1.75 bits per heavy atom. The quantitative estimate of drug-likeness (QED) is 0.650. The van der Waals surface area contributed by atoms with Gasteiger partial charge in [0, 0.05) is 23.6 Å². The predicted octanol–water partition coefficient (Wildman–Crippen LogP) is 3.21. The first kappa shape index (κ1) is 14.1. The van der Waals surface area contributed by atoms with Gasteiger partial charge in [0.15, 0.2) is 0 Å². The van der Waals surface area contributed by atoms with Gasteiger partial charge in [-0.05, 0) is 42.0 Å². The fraction of sp³-hybridized carbons (Fsp3) is 0.0667. The first-order chi connectivity index (χ1) is 9.56. The van der Waals surface area contributed by atoms with Crippen LogP contribution in [0.4, 0.5) is 22.7 Å². The molecule has 0 bridgehead atoms. The maximum Gasteiger partial charge on any atom is 0.0655 e. The number of nitrogens with one attached hydrogen (secondary N) is 1. The molecule has 4 nitrogen and oxygen atoms in total. The van der Waals surface area contributed by atoms with Crippen molar-refractivity contribution in [2.24, 2.45) is 0 Å². The van der Waals surface area contributed by atoms with Crippen LogP contribution in [0.25, 0.3) is 6.08 Å². The van der Waals surface area contributed by atoms with Crippen LogP contribution in [0.15, 0.2) is 42.5 Å². The molecule has 0 saturated carbocycles. The monoisotopic (exact) mass is 288 g/mol. The highest BCUT2D eigenvalue weighted by Crippen LogP contribution is 2.22. The van der Waals surface area contributed by atoms with Crippen molar-refractivity contribution in [3.8, 4) is 0 Å². The van der Waals surface area contributed by atoms with Crippen molar-refractivity contribution in [2.45, 2.75) is 0 Å². The van der Waals surface area contributed by atoms with Gasteiger partial charge in [-0.15, -0.1) is 0 Å². The lowest BCUT2D eigenvalue weighted by molar-refractivity contribution is 1.34. The molecule has 0 unspecified atom stereocenters. The summed E-state index contributed by atoms with van der Waals surface area (Å²) in [6.07, 6.45) is 3.90. The van der Waals surface area contributed by atoms with Crippen LogP contribution in [0.2, 0.25) is 5.02 Å². The zero-order valence-corrected chi connectivity index (χ0v) is 11.7. The Bertz CT molecular complexity index is 638. The summed E-state index contributed by atoms with van der Waals surface area (Å²) >= 11 is 5.95. The van der Waals surface area contributed by atoms with Crippen LogP contribution in [0, 0.1) is 0 Å². The molecule has 0 aliphatic carbocycles. The van der Waals surface area contributed by atoms with E-state index in [0.717, 1.165) is 11.3 Å². The van der Waals surface area contributed by atoms with E-state index in [1.165, 1.54) is 0 Å². The maximum absolute atomic E-state index is 5.95. The number of anilines is 4. The smallest absolute Gasteiger partial charge is 0.0655 e. The van der Waals surface area contributed by atoms with Crippen LogP contribution in [0.1, 0.15) is 5.56 Å². The summed E-state index contributed by atoms with van der Waals surface area (Å²) in [5, 5.41) is 3.76. The zero-order chi connectivity index (χ0) is 14.5. The third kappa shape index (κ3) is 3.59. The summed E-state index contributed by atoms with van der Waals surface area (Å²) in [6, 6.07) is 10.9. The number of hydrogen-bond acceptors (Lipinski definition) is 4. The third-order valence-corrected chi connectivity index (χ3v) is 3.16. The highest BCUT2D eigenvalue weighted by molar-refractivity contribution is 6.33. The number of rotatable bonds is 4. The van der Waals surface area contributed by atoms with Gasteiger partial charge >= 0.3 is 0 Å². The summed E-state index contributed by atoms with van der Waals surface area (Å²) in [7, 11) is 0. The third-order valence-electron chi connectivity index (χ3n) is 2.83. The molecule has 2 rings (SSSR count). The molecule has 0 saturated heterocycles. The van der Waals surface area contributed by atoms with Crippen molar-refractivity contribution in [3.05, 3.63) is 53.1 Å². The molecular formula is C15H17ClN4. The van der Waals surface area contributed by atoms with Crippen molar-refractivity contribution in [1.29, 1.82) is 0 Å².